The van der Waals surface area contributed by atoms with Gasteiger partial charge < -0.3 is 10.1 Å². The van der Waals surface area contributed by atoms with Crippen LogP contribution in [0.2, 0.25) is 0 Å². The normalized spacial score (nSPS) is 24.6. The second-order valence-electron chi connectivity index (χ2n) is 3.74. The molecule has 76 valence electrons. The third kappa shape index (κ3) is 3.89. The Kier molecular flexibility index (Phi) is 4.42. The summed E-state index contributed by atoms with van der Waals surface area (Å²) in [6.07, 6.45) is 0.345. The standard InChI is InChI=1S/C10H20N2O/c1-9(2)7-12-4-5-13-10(8-12)6-11-3/h10-11H,1,4-8H2,2-3H3. The average Bonchev–Trinajstić information content (AvgIpc) is 2.04. The number of morpholine rings is 1. The van der Waals surface area contributed by atoms with Crippen molar-refractivity contribution in [1.82, 2.24) is 10.2 Å². The fourth-order valence-electron chi connectivity index (χ4n) is 1.66. The van der Waals surface area contributed by atoms with Gasteiger partial charge in [-0.3, -0.25) is 4.90 Å². The SMILES string of the molecule is C=C(C)CN1CCOC(CNC)C1. The first-order valence-corrected chi connectivity index (χ1v) is 4.85. The van der Waals surface area contributed by atoms with Crippen LogP contribution in [0.3, 0.4) is 0 Å². The minimum absolute atomic E-state index is 0.345. The van der Waals surface area contributed by atoms with Crippen LogP contribution >= 0.6 is 0 Å². The molecule has 1 rings (SSSR count). The molecule has 0 aromatic heterocycles. The van der Waals surface area contributed by atoms with Crippen molar-refractivity contribution in [2.45, 2.75) is 13.0 Å². The highest BCUT2D eigenvalue weighted by Gasteiger charge is 2.18. The van der Waals surface area contributed by atoms with Crippen LogP contribution in [0.5, 0.6) is 0 Å². The second-order valence-corrected chi connectivity index (χ2v) is 3.74. The number of nitrogens with one attached hydrogen (secondary N) is 1. The lowest BCUT2D eigenvalue weighted by Crippen LogP contribution is -2.46. The summed E-state index contributed by atoms with van der Waals surface area (Å²) in [4.78, 5) is 2.40. The monoisotopic (exact) mass is 184 g/mol. The molecule has 0 spiro atoms. The Hall–Kier alpha value is -0.380. The van der Waals surface area contributed by atoms with Crippen molar-refractivity contribution < 1.29 is 4.74 Å². The molecule has 0 saturated carbocycles. The van der Waals surface area contributed by atoms with Gasteiger partial charge in [0, 0.05) is 26.2 Å². The van der Waals surface area contributed by atoms with Crippen LogP contribution in [0.25, 0.3) is 0 Å². The highest BCUT2D eigenvalue weighted by atomic mass is 16.5. The number of rotatable bonds is 4. The van der Waals surface area contributed by atoms with Crippen LogP contribution in [0.15, 0.2) is 12.2 Å². The van der Waals surface area contributed by atoms with Gasteiger partial charge >= 0.3 is 0 Å². The zero-order valence-electron chi connectivity index (χ0n) is 8.68. The van der Waals surface area contributed by atoms with Gasteiger partial charge in [-0.2, -0.15) is 0 Å². The number of hydrogen-bond donors (Lipinski definition) is 1. The van der Waals surface area contributed by atoms with E-state index >= 15 is 0 Å². The Morgan fingerprint density at radius 2 is 2.46 bits per heavy atom. The molecular weight excluding hydrogens is 164 g/mol. The van der Waals surface area contributed by atoms with Crippen LogP contribution in [0.4, 0.5) is 0 Å². The summed E-state index contributed by atoms with van der Waals surface area (Å²) < 4.78 is 5.60. The van der Waals surface area contributed by atoms with E-state index in [0.717, 1.165) is 32.8 Å². The number of hydrogen-bond acceptors (Lipinski definition) is 3. The van der Waals surface area contributed by atoms with Crippen molar-refractivity contribution in [3.63, 3.8) is 0 Å². The quantitative estimate of drug-likeness (QED) is 0.643. The molecule has 1 heterocycles. The molecule has 0 amide bonds. The van der Waals surface area contributed by atoms with Crippen molar-refractivity contribution in [1.29, 1.82) is 0 Å². The second kappa shape index (κ2) is 5.37. The molecular formula is C10H20N2O. The van der Waals surface area contributed by atoms with E-state index in [2.05, 4.69) is 23.7 Å². The molecule has 1 N–H and O–H groups in total. The predicted molar refractivity (Wildman–Crippen MR) is 54.9 cm³/mol. The van der Waals surface area contributed by atoms with Gasteiger partial charge in [-0.05, 0) is 14.0 Å². The summed E-state index contributed by atoms with van der Waals surface area (Å²) in [7, 11) is 1.96. The minimum atomic E-state index is 0.345. The molecule has 0 aliphatic carbocycles. The predicted octanol–water partition coefficient (Wildman–Crippen LogP) is 0.483. The lowest BCUT2D eigenvalue weighted by molar-refractivity contribution is -0.0230. The van der Waals surface area contributed by atoms with E-state index in [1.54, 1.807) is 0 Å². The smallest absolute Gasteiger partial charge is 0.0826 e. The summed E-state index contributed by atoms with van der Waals surface area (Å²) in [6.45, 7) is 10.8. The lowest BCUT2D eigenvalue weighted by Gasteiger charge is -2.32. The molecule has 0 bridgehead atoms. The lowest BCUT2D eigenvalue weighted by atomic mass is 10.2. The van der Waals surface area contributed by atoms with Gasteiger partial charge in [0.15, 0.2) is 0 Å². The van der Waals surface area contributed by atoms with Gasteiger partial charge in [0.05, 0.1) is 12.7 Å². The van der Waals surface area contributed by atoms with Crippen molar-refractivity contribution in [3.05, 3.63) is 12.2 Å². The zero-order valence-corrected chi connectivity index (χ0v) is 8.68. The Balaban J connectivity index is 2.28. The number of likely N-dealkylation sites (N-methyl/N-ethyl adjacent to an activating group) is 1. The van der Waals surface area contributed by atoms with E-state index in [-0.39, 0.29) is 0 Å². The zero-order chi connectivity index (χ0) is 9.68. The van der Waals surface area contributed by atoms with Crippen LogP contribution in [-0.2, 0) is 4.74 Å². The fourth-order valence-corrected chi connectivity index (χ4v) is 1.66. The average molecular weight is 184 g/mol. The molecule has 3 nitrogen and oxygen atoms in total. The Morgan fingerprint density at radius 1 is 1.69 bits per heavy atom. The van der Waals surface area contributed by atoms with Crippen LogP contribution in [0.1, 0.15) is 6.92 Å². The highest BCUT2D eigenvalue weighted by Crippen LogP contribution is 2.05. The van der Waals surface area contributed by atoms with E-state index in [4.69, 9.17) is 4.74 Å². The van der Waals surface area contributed by atoms with E-state index < -0.39 is 0 Å². The first-order valence-electron chi connectivity index (χ1n) is 4.85. The van der Waals surface area contributed by atoms with Gasteiger partial charge in [0.1, 0.15) is 0 Å². The van der Waals surface area contributed by atoms with Crippen molar-refractivity contribution >= 4 is 0 Å². The Morgan fingerprint density at radius 3 is 3.08 bits per heavy atom. The first kappa shape index (κ1) is 10.7. The molecule has 13 heavy (non-hydrogen) atoms. The maximum absolute atomic E-state index is 5.60. The van der Waals surface area contributed by atoms with Gasteiger partial charge in [-0.1, -0.05) is 12.2 Å². The van der Waals surface area contributed by atoms with Crippen molar-refractivity contribution in [2.75, 3.05) is 39.8 Å². The molecule has 3 heteroatoms. The molecule has 1 fully saturated rings. The van der Waals surface area contributed by atoms with Crippen LogP contribution < -0.4 is 5.32 Å². The Bertz CT molecular complexity index is 168. The molecule has 1 saturated heterocycles. The van der Waals surface area contributed by atoms with Gasteiger partial charge in [0.2, 0.25) is 0 Å². The van der Waals surface area contributed by atoms with Gasteiger partial charge in [-0.15, -0.1) is 0 Å². The summed E-state index contributed by atoms with van der Waals surface area (Å²) in [5, 5.41) is 3.14. The highest BCUT2D eigenvalue weighted by molar-refractivity contribution is 4.93. The van der Waals surface area contributed by atoms with E-state index in [0.29, 0.717) is 6.10 Å². The van der Waals surface area contributed by atoms with Crippen LogP contribution in [-0.4, -0.2) is 50.8 Å². The third-order valence-electron chi connectivity index (χ3n) is 2.15. The molecule has 1 aliphatic rings. The van der Waals surface area contributed by atoms with Crippen molar-refractivity contribution in [2.24, 2.45) is 0 Å². The molecule has 0 radical (unpaired) electrons. The van der Waals surface area contributed by atoms with E-state index in [1.807, 2.05) is 7.05 Å². The Labute approximate surface area is 80.8 Å². The minimum Gasteiger partial charge on any atom is -0.374 e. The summed E-state index contributed by atoms with van der Waals surface area (Å²) in [5.41, 5.74) is 1.23. The fraction of sp³-hybridized carbons (Fsp3) is 0.800. The molecule has 0 aromatic carbocycles. The summed E-state index contributed by atoms with van der Waals surface area (Å²) >= 11 is 0. The van der Waals surface area contributed by atoms with Gasteiger partial charge in [-0.25, -0.2) is 0 Å². The molecule has 0 aromatic rings. The summed E-state index contributed by atoms with van der Waals surface area (Å²) in [5.74, 6) is 0. The first-order chi connectivity index (χ1) is 6.22. The van der Waals surface area contributed by atoms with E-state index in [9.17, 15) is 0 Å². The maximum Gasteiger partial charge on any atom is 0.0826 e. The van der Waals surface area contributed by atoms with Crippen molar-refractivity contribution in [3.8, 4) is 0 Å². The van der Waals surface area contributed by atoms with Crippen LogP contribution in [0, 0.1) is 0 Å². The molecule has 1 atom stereocenters. The summed E-state index contributed by atoms with van der Waals surface area (Å²) in [6, 6.07) is 0. The topological polar surface area (TPSA) is 24.5 Å². The number of ether oxygens (including phenoxy) is 1. The largest absolute Gasteiger partial charge is 0.374 e. The van der Waals surface area contributed by atoms with Gasteiger partial charge in [0.25, 0.3) is 0 Å². The number of nitrogens with zero attached hydrogens (tertiary/aromatic N) is 1. The molecule has 1 unspecified atom stereocenters. The van der Waals surface area contributed by atoms with E-state index in [1.165, 1.54) is 5.57 Å². The third-order valence-corrected chi connectivity index (χ3v) is 2.15. The maximum atomic E-state index is 5.60. The molecule has 1 aliphatic heterocycles.